The Kier molecular flexibility index (Phi) is 4.13. The molecule has 2 rings (SSSR count). The van der Waals surface area contributed by atoms with Crippen molar-refractivity contribution in [3.8, 4) is 0 Å². The normalized spacial score (nSPS) is 22.7. The molecule has 0 bridgehead atoms. The topological polar surface area (TPSA) is 104 Å². The minimum Gasteiger partial charge on any atom is -0.478 e. The number of aromatic carboxylic acids is 1. The first-order chi connectivity index (χ1) is 9.80. The smallest absolute Gasteiger partial charge is 0.338 e. The molecule has 1 aliphatic heterocycles. The van der Waals surface area contributed by atoms with Gasteiger partial charge in [0.25, 0.3) is 5.69 Å². The number of carbonyl (C=O) groups is 1. The van der Waals surface area contributed by atoms with Gasteiger partial charge in [0.1, 0.15) is 0 Å². The largest absolute Gasteiger partial charge is 0.478 e. The molecule has 1 fully saturated rings. The third-order valence-corrected chi connectivity index (χ3v) is 3.83. The maximum absolute atomic E-state index is 11.4. The van der Waals surface area contributed by atoms with E-state index in [-0.39, 0.29) is 11.3 Å². The Labute approximate surface area is 122 Å². The Morgan fingerprint density at radius 2 is 2.10 bits per heavy atom. The third-order valence-electron chi connectivity index (χ3n) is 3.83. The maximum Gasteiger partial charge on any atom is 0.338 e. The summed E-state index contributed by atoms with van der Waals surface area (Å²) < 4.78 is 0. The van der Waals surface area contributed by atoms with Gasteiger partial charge in [-0.25, -0.2) is 4.79 Å². The van der Waals surface area contributed by atoms with E-state index in [9.17, 15) is 25.1 Å². The summed E-state index contributed by atoms with van der Waals surface area (Å²) in [5, 5.41) is 30.1. The molecule has 1 atom stereocenters. The van der Waals surface area contributed by atoms with Gasteiger partial charge in [-0.2, -0.15) is 0 Å². The highest BCUT2D eigenvalue weighted by molar-refractivity contribution is 5.95. The number of rotatable bonds is 3. The number of non-ortho nitro benzene ring substituents is 1. The number of benzene rings is 1. The fourth-order valence-corrected chi connectivity index (χ4v) is 2.59. The first-order valence-electron chi connectivity index (χ1n) is 6.79. The Hall–Kier alpha value is -2.15. The summed E-state index contributed by atoms with van der Waals surface area (Å²) in [7, 11) is 0. The minimum atomic E-state index is -1.19. The highest BCUT2D eigenvalue weighted by Crippen LogP contribution is 2.30. The predicted molar refractivity (Wildman–Crippen MR) is 76.7 cm³/mol. The molecule has 7 heteroatoms. The Bertz CT molecular complexity index is 570. The van der Waals surface area contributed by atoms with Crippen molar-refractivity contribution in [3.63, 3.8) is 0 Å². The molecule has 0 spiro atoms. The number of carboxylic acid groups (broad SMARTS) is 1. The van der Waals surface area contributed by atoms with Crippen molar-refractivity contribution >= 4 is 17.3 Å². The first kappa shape index (κ1) is 15.2. The van der Waals surface area contributed by atoms with Crippen LogP contribution in [0.4, 0.5) is 11.4 Å². The van der Waals surface area contributed by atoms with Gasteiger partial charge in [0.15, 0.2) is 0 Å². The standard InChI is InChI=1S/C14H18N2O5/c1-14(19)5-2-7-15(8-6-14)12-4-3-10(16(20)21)9-11(12)13(17)18/h3-4,9,19H,2,5-8H2,1H3,(H,17,18). The van der Waals surface area contributed by atoms with Gasteiger partial charge < -0.3 is 15.1 Å². The van der Waals surface area contributed by atoms with Gasteiger partial charge in [0.2, 0.25) is 0 Å². The second kappa shape index (κ2) is 5.69. The van der Waals surface area contributed by atoms with Crippen LogP contribution in [0.25, 0.3) is 0 Å². The summed E-state index contributed by atoms with van der Waals surface area (Å²) in [6, 6.07) is 3.87. The molecule has 1 aromatic rings. The maximum atomic E-state index is 11.4. The molecule has 0 aliphatic carbocycles. The zero-order chi connectivity index (χ0) is 15.6. The van der Waals surface area contributed by atoms with Gasteiger partial charge in [0.05, 0.1) is 21.8 Å². The van der Waals surface area contributed by atoms with Crippen molar-refractivity contribution in [2.75, 3.05) is 18.0 Å². The van der Waals surface area contributed by atoms with Crippen molar-refractivity contribution in [1.29, 1.82) is 0 Å². The van der Waals surface area contributed by atoms with E-state index in [0.29, 0.717) is 31.6 Å². The number of hydrogen-bond donors (Lipinski definition) is 2. The fourth-order valence-electron chi connectivity index (χ4n) is 2.59. The molecule has 0 saturated carbocycles. The lowest BCUT2D eigenvalue weighted by Gasteiger charge is -2.25. The second-order valence-corrected chi connectivity index (χ2v) is 5.60. The fraction of sp³-hybridized carbons (Fsp3) is 0.500. The SMILES string of the molecule is CC1(O)CCCN(c2ccc([N+](=O)[O-])cc2C(=O)O)CC1. The quantitative estimate of drug-likeness (QED) is 0.653. The number of aliphatic hydroxyl groups is 1. The molecule has 21 heavy (non-hydrogen) atoms. The molecule has 1 aromatic carbocycles. The number of nitrogens with zero attached hydrogens (tertiary/aromatic N) is 2. The van der Waals surface area contributed by atoms with Gasteiger partial charge in [0, 0.05) is 25.2 Å². The molecule has 114 valence electrons. The van der Waals surface area contributed by atoms with Crippen molar-refractivity contribution in [2.45, 2.75) is 31.8 Å². The van der Waals surface area contributed by atoms with Crippen molar-refractivity contribution in [1.82, 2.24) is 0 Å². The van der Waals surface area contributed by atoms with Crippen molar-refractivity contribution in [2.24, 2.45) is 0 Å². The molecular formula is C14H18N2O5. The lowest BCUT2D eigenvalue weighted by atomic mass is 9.98. The lowest BCUT2D eigenvalue weighted by molar-refractivity contribution is -0.384. The molecule has 1 unspecified atom stereocenters. The van der Waals surface area contributed by atoms with E-state index in [1.165, 1.54) is 12.1 Å². The van der Waals surface area contributed by atoms with Gasteiger partial charge >= 0.3 is 5.97 Å². The van der Waals surface area contributed by atoms with Gasteiger partial charge in [-0.15, -0.1) is 0 Å². The van der Waals surface area contributed by atoms with Crippen LogP contribution in [0.15, 0.2) is 18.2 Å². The van der Waals surface area contributed by atoms with Crippen LogP contribution in [0.2, 0.25) is 0 Å². The number of anilines is 1. The minimum absolute atomic E-state index is 0.0780. The van der Waals surface area contributed by atoms with E-state index in [4.69, 9.17) is 0 Å². The van der Waals surface area contributed by atoms with Crippen LogP contribution in [0, 0.1) is 10.1 Å². The highest BCUT2D eigenvalue weighted by atomic mass is 16.6. The molecule has 7 nitrogen and oxygen atoms in total. The summed E-state index contributed by atoms with van der Waals surface area (Å²) >= 11 is 0. The second-order valence-electron chi connectivity index (χ2n) is 5.60. The van der Waals surface area contributed by atoms with E-state index in [1.54, 1.807) is 6.92 Å². The van der Waals surface area contributed by atoms with Crippen LogP contribution < -0.4 is 4.90 Å². The van der Waals surface area contributed by atoms with E-state index >= 15 is 0 Å². The van der Waals surface area contributed by atoms with Crippen molar-refractivity contribution < 1.29 is 19.9 Å². The average molecular weight is 294 g/mol. The Morgan fingerprint density at radius 3 is 2.71 bits per heavy atom. The molecule has 1 saturated heterocycles. The van der Waals surface area contributed by atoms with Crippen LogP contribution in [0.5, 0.6) is 0 Å². The first-order valence-corrected chi connectivity index (χ1v) is 6.79. The van der Waals surface area contributed by atoms with Crippen molar-refractivity contribution in [3.05, 3.63) is 33.9 Å². The van der Waals surface area contributed by atoms with Crippen LogP contribution in [0.1, 0.15) is 36.5 Å². The summed E-state index contributed by atoms with van der Waals surface area (Å²) in [6.07, 6.45) is 1.92. The van der Waals surface area contributed by atoms with Gasteiger partial charge in [-0.1, -0.05) is 0 Å². The Balaban J connectivity index is 2.34. The third kappa shape index (κ3) is 3.49. The lowest BCUT2D eigenvalue weighted by Crippen LogP contribution is -2.29. The van der Waals surface area contributed by atoms with Crippen LogP contribution >= 0.6 is 0 Å². The number of carboxylic acids is 1. The van der Waals surface area contributed by atoms with Crippen LogP contribution in [-0.4, -0.2) is 39.8 Å². The molecule has 2 N–H and O–H groups in total. The molecule has 1 aliphatic rings. The summed E-state index contributed by atoms with van der Waals surface area (Å²) in [4.78, 5) is 23.4. The molecule has 0 radical (unpaired) electrons. The van der Waals surface area contributed by atoms with Gasteiger partial charge in [-0.3, -0.25) is 10.1 Å². The zero-order valence-electron chi connectivity index (χ0n) is 11.8. The number of hydrogen-bond acceptors (Lipinski definition) is 5. The number of nitro benzene ring substituents is 1. The summed E-state index contributed by atoms with van der Waals surface area (Å²) in [5.74, 6) is -1.19. The molecule has 0 aromatic heterocycles. The van der Waals surface area contributed by atoms with E-state index in [0.717, 1.165) is 12.5 Å². The highest BCUT2D eigenvalue weighted by Gasteiger charge is 2.27. The number of nitro groups is 1. The molecule has 0 amide bonds. The van der Waals surface area contributed by atoms with Crippen LogP contribution in [0.3, 0.4) is 0 Å². The van der Waals surface area contributed by atoms with E-state index < -0.39 is 16.5 Å². The summed E-state index contributed by atoms with van der Waals surface area (Å²) in [6.45, 7) is 2.91. The monoisotopic (exact) mass is 294 g/mol. The average Bonchev–Trinajstić information content (AvgIpc) is 2.59. The van der Waals surface area contributed by atoms with Gasteiger partial charge in [-0.05, 0) is 32.3 Å². The molecule has 1 heterocycles. The van der Waals surface area contributed by atoms with E-state index in [1.807, 2.05) is 4.90 Å². The summed E-state index contributed by atoms with van der Waals surface area (Å²) in [5.41, 5.74) is -0.603. The zero-order valence-corrected chi connectivity index (χ0v) is 11.8. The van der Waals surface area contributed by atoms with E-state index in [2.05, 4.69) is 0 Å². The Morgan fingerprint density at radius 1 is 1.38 bits per heavy atom. The molecular weight excluding hydrogens is 276 g/mol. The predicted octanol–water partition coefficient (Wildman–Crippen LogP) is 2.03. The van der Waals surface area contributed by atoms with Crippen LogP contribution in [-0.2, 0) is 0 Å².